The molecule has 0 saturated heterocycles. The zero-order chi connectivity index (χ0) is 17.9. The lowest BCUT2D eigenvalue weighted by atomic mass is 9.94. The molecule has 1 aliphatic carbocycles. The largest absolute Gasteiger partial charge is 0.460 e. The summed E-state index contributed by atoms with van der Waals surface area (Å²) in [6.07, 6.45) is 5.72. The molecule has 1 aromatic carbocycles. The number of sulfonamides is 1. The van der Waals surface area contributed by atoms with Gasteiger partial charge in [-0.3, -0.25) is 0 Å². The van der Waals surface area contributed by atoms with Crippen LogP contribution in [0.3, 0.4) is 0 Å². The van der Waals surface area contributed by atoms with Gasteiger partial charge in [0.1, 0.15) is 6.10 Å². The van der Waals surface area contributed by atoms with Crippen LogP contribution in [0.5, 0.6) is 6.01 Å². The maximum absolute atomic E-state index is 12.4. The van der Waals surface area contributed by atoms with Gasteiger partial charge in [0.05, 0.1) is 22.3 Å². The van der Waals surface area contributed by atoms with Gasteiger partial charge in [-0.2, -0.15) is 0 Å². The van der Waals surface area contributed by atoms with E-state index in [0.29, 0.717) is 35.7 Å². The molecule has 1 aliphatic rings. The number of hydrogen-bond acceptors (Lipinski definition) is 5. The number of aromatic nitrogens is 2. The van der Waals surface area contributed by atoms with Gasteiger partial charge < -0.3 is 4.74 Å². The van der Waals surface area contributed by atoms with Crippen LogP contribution in [-0.4, -0.2) is 30.5 Å². The van der Waals surface area contributed by atoms with Crippen molar-refractivity contribution in [2.45, 2.75) is 42.7 Å². The zero-order valence-electron chi connectivity index (χ0n) is 13.2. The predicted molar refractivity (Wildman–Crippen MR) is 95.5 cm³/mol. The highest BCUT2D eigenvalue weighted by Gasteiger charge is 2.27. The van der Waals surface area contributed by atoms with E-state index in [9.17, 15) is 8.42 Å². The molecule has 1 heterocycles. The summed E-state index contributed by atoms with van der Waals surface area (Å²) in [7, 11) is -3.58. The Morgan fingerprint density at radius 2 is 1.72 bits per heavy atom. The van der Waals surface area contributed by atoms with Gasteiger partial charge in [-0.05, 0) is 43.9 Å². The number of halogens is 2. The van der Waals surface area contributed by atoms with Crippen LogP contribution in [-0.2, 0) is 10.0 Å². The average Bonchev–Trinajstić information content (AvgIpc) is 2.58. The second-order valence-electron chi connectivity index (χ2n) is 5.85. The van der Waals surface area contributed by atoms with Gasteiger partial charge in [0.15, 0.2) is 0 Å². The molecule has 0 bridgehead atoms. The fraction of sp³-hybridized carbons (Fsp3) is 0.375. The second-order valence-corrected chi connectivity index (χ2v) is 8.44. The lowest BCUT2D eigenvalue weighted by molar-refractivity contribution is 0.132. The normalized spacial score (nSPS) is 21.0. The molecule has 1 fully saturated rings. The molecule has 1 aromatic heterocycles. The topological polar surface area (TPSA) is 81.2 Å². The Kier molecular flexibility index (Phi) is 5.78. The van der Waals surface area contributed by atoms with Gasteiger partial charge in [-0.25, -0.2) is 23.1 Å². The Balaban J connectivity index is 1.54. The van der Waals surface area contributed by atoms with E-state index in [1.54, 1.807) is 12.1 Å². The number of benzene rings is 1. The van der Waals surface area contributed by atoms with E-state index in [1.165, 1.54) is 24.5 Å². The van der Waals surface area contributed by atoms with E-state index in [4.69, 9.17) is 27.9 Å². The molecule has 9 heteroatoms. The molecule has 0 aliphatic heterocycles. The van der Waals surface area contributed by atoms with Gasteiger partial charge in [-0.1, -0.05) is 29.3 Å². The number of nitrogens with zero attached hydrogens (tertiary/aromatic N) is 2. The summed E-state index contributed by atoms with van der Waals surface area (Å²) in [4.78, 5) is 8.19. The number of rotatable bonds is 5. The quantitative estimate of drug-likeness (QED) is 0.829. The van der Waals surface area contributed by atoms with Crippen molar-refractivity contribution >= 4 is 33.2 Å². The lowest BCUT2D eigenvalue weighted by Crippen LogP contribution is -2.39. The van der Waals surface area contributed by atoms with Crippen molar-refractivity contribution in [3.63, 3.8) is 0 Å². The molecule has 2 aromatic rings. The maximum Gasteiger partial charge on any atom is 0.316 e. The SMILES string of the molecule is O=S(=O)(NC1CCC(Oc2ncc(Cl)cn2)CC1)c1cccc(Cl)c1. The lowest BCUT2D eigenvalue weighted by Gasteiger charge is -2.28. The van der Waals surface area contributed by atoms with Crippen LogP contribution in [0.2, 0.25) is 10.0 Å². The molecule has 25 heavy (non-hydrogen) atoms. The smallest absolute Gasteiger partial charge is 0.316 e. The Morgan fingerprint density at radius 3 is 2.36 bits per heavy atom. The first kappa shape index (κ1) is 18.4. The van der Waals surface area contributed by atoms with Crippen molar-refractivity contribution in [3.05, 3.63) is 46.7 Å². The van der Waals surface area contributed by atoms with Crippen molar-refractivity contribution in [1.29, 1.82) is 0 Å². The van der Waals surface area contributed by atoms with Crippen LogP contribution < -0.4 is 9.46 Å². The Labute approximate surface area is 156 Å². The summed E-state index contributed by atoms with van der Waals surface area (Å²) in [6, 6.07) is 6.38. The highest BCUT2D eigenvalue weighted by molar-refractivity contribution is 7.89. The monoisotopic (exact) mass is 401 g/mol. The molecule has 0 unspecified atom stereocenters. The van der Waals surface area contributed by atoms with Gasteiger partial charge in [-0.15, -0.1) is 0 Å². The molecule has 0 spiro atoms. The van der Waals surface area contributed by atoms with E-state index in [2.05, 4.69) is 14.7 Å². The third-order valence-electron chi connectivity index (χ3n) is 3.97. The maximum atomic E-state index is 12.4. The molecule has 1 N–H and O–H groups in total. The van der Waals surface area contributed by atoms with Gasteiger partial charge >= 0.3 is 6.01 Å². The first-order valence-electron chi connectivity index (χ1n) is 7.84. The van der Waals surface area contributed by atoms with Gasteiger partial charge in [0.25, 0.3) is 0 Å². The first-order valence-corrected chi connectivity index (χ1v) is 10.1. The minimum atomic E-state index is -3.58. The standard InChI is InChI=1S/C16H17Cl2N3O3S/c17-11-2-1-3-15(8-11)25(22,23)21-13-4-6-14(7-5-13)24-16-19-9-12(18)10-20-16/h1-3,8-10,13-14,21H,4-7H2. The molecule has 0 radical (unpaired) electrons. The van der Waals surface area contributed by atoms with E-state index < -0.39 is 10.0 Å². The van der Waals surface area contributed by atoms with Crippen molar-refractivity contribution in [2.24, 2.45) is 0 Å². The fourth-order valence-corrected chi connectivity index (χ4v) is 4.43. The summed E-state index contributed by atoms with van der Waals surface area (Å²) in [5, 5.41) is 0.842. The number of nitrogens with one attached hydrogen (secondary N) is 1. The van der Waals surface area contributed by atoms with Crippen molar-refractivity contribution in [3.8, 4) is 6.01 Å². The highest BCUT2D eigenvalue weighted by atomic mass is 35.5. The van der Waals surface area contributed by atoms with Crippen LogP contribution in [0.15, 0.2) is 41.6 Å². The number of hydrogen-bond donors (Lipinski definition) is 1. The highest BCUT2D eigenvalue weighted by Crippen LogP contribution is 2.24. The molecule has 3 rings (SSSR count). The summed E-state index contributed by atoms with van der Waals surface area (Å²) >= 11 is 11.6. The van der Waals surface area contributed by atoms with Crippen LogP contribution >= 0.6 is 23.2 Å². The molecule has 1 saturated carbocycles. The minimum absolute atomic E-state index is 0.0342. The summed E-state index contributed by atoms with van der Waals surface area (Å²) in [5.74, 6) is 0. The molecule has 6 nitrogen and oxygen atoms in total. The van der Waals surface area contributed by atoms with Gasteiger partial charge in [0.2, 0.25) is 10.0 Å². The molecule has 0 atom stereocenters. The van der Waals surface area contributed by atoms with Gasteiger partial charge in [0, 0.05) is 11.1 Å². The fourth-order valence-electron chi connectivity index (χ4n) is 2.73. The average molecular weight is 402 g/mol. The van der Waals surface area contributed by atoms with Crippen LogP contribution in [0, 0.1) is 0 Å². The predicted octanol–water partition coefficient (Wildman–Crippen LogP) is 3.45. The number of ether oxygens (including phenoxy) is 1. The minimum Gasteiger partial charge on any atom is -0.460 e. The van der Waals surface area contributed by atoms with Crippen LogP contribution in [0.1, 0.15) is 25.7 Å². The third kappa shape index (κ3) is 5.04. The van der Waals surface area contributed by atoms with Crippen LogP contribution in [0.25, 0.3) is 0 Å². The Hall–Kier alpha value is -1.41. The van der Waals surface area contributed by atoms with Crippen molar-refractivity contribution in [1.82, 2.24) is 14.7 Å². The summed E-state index contributed by atoms with van der Waals surface area (Å²) in [5.41, 5.74) is 0. The summed E-state index contributed by atoms with van der Waals surface area (Å²) in [6.45, 7) is 0. The first-order chi connectivity index (χ1) is 11.9. The van der Waals surface area contributed by atoms with E-state index in [-0.39, 0.29) is 23.1 Å². The van der Waals surface area contributed by atoms with Crippen LogP contribution in [0.4, 0.5) is 0 Å². The summed E-state index contributed by atoms with van der Waals surface area (Å²) < 4.78 is 33.3. The van der Waals surface area contributed by atoms with E-state index in [1.807, 2.05) is 0 Å². The van der Waals surface area contributed by atoms with Crippen molar-refractivity contribution < 1.29 is 13.2 Å². The molecular formula is C16H17Cl2N3O3S. The molecule has 0 amide bonds. The Bertz CT molecular complexity index is 823. The third-order valence-corrected chi connectivity index (χ3v) is 5.92. The van der Waals surface area contributed by atoms with E-state index >= 15 is 0 Å². The zero-order valence-corrected chi connectivity index (χ0v) is 15.6. The van der Waals surface area contributed by atoms with Crippen molar-refractivity contribution in [2.75, 3.05) is 0 Å². The molecular weight excluding hydrogens is 385 g/mol. The molecule has 134 valence electrons. The Morgan fingerprint density at radius 1 is 1.04 bits per heavy atom. The second kappa shape index (κ2) is 7.86. The van der Waals surface area contributed by atoms with E-state index in [0.717, 1.165) is 0 Å².